The van der Waals surface area contributed by atoms with Gasteiger partial charge >= 0.3 is 0 Å². The molecular formula is C36H40O2. The standard InChI is InChI=1S/C36H40O2/c1-7-23-21-35(5,9-3)19-17-25(23)27-15-16-28(26-18-20-36(6,10-4)22-24(26)8-2)32-31(27)33(37)29-13-11-12-14-30(29)34(32)38/h11-22,25-26H,7-10H2,1-6H3. The highest BCUT2D eigenvalue weighted by Gasteiger charge is 2.38. The Morgan fingerprint density at radius 2 is 1.03 bits per heavy atom. The van der Waals surface area contributed by atoms with Crippen LogP contribution in [0.25, 0.3) is 0 Å². The maximum atomic E-state index is 14.2. The first kappa shape index (κ1) is 26.4. The van der Waals surface area contributed by atoms with E-state index < -0.39 is 0 Å². The molecule has 5 rings (SSSR count). The lowest BCUT2D eigenvalue weighted by atomic mass is 9.68. The fourth-order valence-corrected chi connectivity index (χ4v) is 6.48. The van der Waals surface area contributed by atoms with Gasteiger partial charge in [-0.05, 0) is 36.8 Å². The van der Waals surface area contributed by atoms with Crippen LogP contribution in [0.2, 0.25) is 0 Å². The zero-order valence-electron chi connectivity index (χ0n) is 23.7. The van der Waals surface area contributed by atoms with E-state index in [9.17, 15) is 9.59 Å². The zero-order valence-corrected chi connectivity index (χ0v) is 23.7. The Morgan fingerprint density at radius 1 is 0.632 bits per heavy atom. The summed E-state index contributed by atoms with van der Waals surface area (Å²) in [6.07, 6.45) is 17.7. The second-order valence-electron chi connectivity index (χ2n) is 11.7. The molecule has 0 spiro atoms. The predicted molar refractivity (Wildman–Crippen MR) is 157 cm³/mol. The summed E-state index contributed by atoms with van der Waals surface area (Å²) in [6.45, 7) is 13.3. The van der Waals surface area contributed by atoms with Crippen molar-refractivity contribution in [3.63, 3.8) is 0 Å². The number of ketones is 2. The van der Waals surface area contributed by atoms with Crippen molar-refractivity contribution in [3.05, 3.63) is 117 Å². The summed E-state index contributed by atoms with van der Waals surface area (Å²) in [5, 5.41) is 0. The van der Waals surface area contributed by atoms with Gasteiger partial charge in [-0.25, -0.2) is 0 Å². The Labute approximate surface area is 228 Å². The molecule has 2 heteroatoms. The number of hydrogen-bond acceptors (Lipinski definition) is 2. The number of carbonyl (C=O) groups excluding carboxylic acids is 2. The maximum Gasteiger partial charge on any atom is 0.194 e. The molecule has 0 aliphatic heterocycles. The van der Waals surface area contributed by atoms with Crippen molar-refractivity contribution in [1.82, 2.24) is 0 Å². The molecule has 3 aliphatic rings. The van der Waals surface area contributed by atoms with Crippen LogP contribution in [0.5, 0.6) is 0 Å². The van der Waals surface area contributed by atoms with Crippen LogP contribution >= 0.6 is 0 Å². The first-order chi connectivity index (χ1) is 18.2. The van der Waals surface area contributed by atoms with Gasteiger partial charge in [-0.1, -0.05) is 126 Å². The van der Waals surface area contributed by atoms with Crippen molar-refractivity contribution in [3.8, 4) is 0 Å². The lowest BCUT2D eigenvalue weighted by Gasteiger charge is -2.34. The molecule has 0 bridgehead atoms. The van der Waals surface area contributed by atoms with Crippen molar-refractivity contribution < 1.29 is 9.59 Å². The Kier molecular flexibility index (Phi) is 6.80. The smallest absolute Gasteiger partial charge is 0.194 e. The highest BCUT2D eigenvalue weighted by molar-refractivity contribution is 6.29. The molecule has 0 radical (unpaired) electrons. The molecule has 0 aromatic heterocycles. The Hall–Kier alpha value is -3.26. The number of benzene rings is 2. The molecule has 2 aromatic rings. The van der Waals surface area contributed by atoms with Gasteiger partial charge in [0.15, 0.2) is 11.6 Å². The zero-order chi connectivity index (χ0) is 27.2. The fourth-order valence-electron chi connectivity index (χ4n) is 6.48. The monoisotopic (exact) mass is 504 g/mol. The molecular weight excluding hydrogens is 464 g/mol. The summed E-state index contributed by atoms with van der Waals surface area (Å²) >= 11 is 0. The summed E-state index contributed by atoms with van der Waals surface area (Å²) in [6, 6.07) is 11.6. The Bertz CT molecular complexity index is 1320. The number of hydrogen-bond donors (Lipinski definition) is 0. The van der Waals surface area contributed by atoms with E-state index in [-0.39, 0.29) is 34.2 Å². The van der Waals surface area contributed by atoms with Crippen LogP contribution < -0.4 is 0 Å². The summed E-state index contributed by atoms with van der Waals surface area (Å²) < 4.78 is 0. The van der Waals surface area contributed by atoms with Gasteiger partial charge in [-0.15, -0.1) is 0 Å². The average Bonchev–Trinajstić information content (AvgIpc) is 2.95. The molecule has 3 aliphatic carbocycles. The van der Waals surface area contributed by atoms with Crippen molar-refractivity contribution in [2.24, 2.45) is 10.8 Å². The third kappa shape index (κ3) is 4.19. The van der Waals surface area contributed by atoms with Gasteiger partial charge in [0.2, 0.25) is 0 Å². The van der Waals surface area contributed by atoms with Crippen LogP contribution in [0.1, 0.15) is 122 Å². The SMILES string of the molecule is CCC1=CC(C)(CC)C=CC1c1ccc(C2C=CC(C)(CC)C=C2CC)c2c1C(=O)c1ccccc1C2=O. The van der Waals surface area contributed by atoms with Crippen molar-refractivity contribution in [1.29, 1.82) is 0 Å². The topological polar surface area (TPSA) is 34.1 Å². The molecule has 2 aromatic carbocycles. The summed E-state index contributed by atoms with van der Waals surface area (Å²) in [7, 11) is 0. The minimum absolute atomic E-state index is 0.00379. The van der Waals surface area contributed by atoms with Crippen LogP contribution in [0.4, 0.5) is 0 Å². The maximum absolute atomic E-state index is 14.2. The molecule has 196 valence electrons. The molecule has 2 nitrogen and oxygen atoms in total. The van der Waals surface area contributed by atoms with Gasteiger partial charge in [-0.2, -0.15) is 0 Å². The van der Waals surface area contributed by atoms with E-state index in [0.29, 0.717) is 22.3 Å². The molecule has 0 saturated heterocycles. The molecule has 0 N–H and O–H groups in total. The van der Waals surface area contributed by atoms with E-state index in [1.807, 2.05) is 12.1 Å². The van der Waals surface area contributed by atoms with Crippen LogP contribution in [0.3, 0.4) is 0 Å². The second-order valence-corrected chi connectivity index (χ2v) is 11.7. The number of carbonyl (C=O) groups is 2. The first-order valence-corrected chi connectivity index (χ1v) is 14.4. The molecule has 0 amide bonds. The Balaban J connectivity index is 1.74. The molecule has 4 unspecified atom stereocenters. The number of allylic oxidation sites excluding steroid dienone is 8. The Morgan fingerprint density at radius 3 is 1.37 bits per heavy atom. The minimum Gasteiger partial charge on any atom is -0.289 e. The quantitative estimate of drug-likeness (QED) is 0.313. The van der Waals surface area contributed by atoms with Gasteiger partial charge < -0.3 is 0 Å². The van der Waals surface area contributed by atoms with E-state index in [1.165, 1.54) is 11.1 Å². The van der Waals surface area contributed by atoms with Gasteiger partial charge in [0, 0.05) is 44.9 Å². The van der Waals surface area contributed by atoms with Crippen LogP contribution in [0, 0.1) is 10.8 Å². The lowest BCUT2D eigenvalue weighted by Crippen LogP contribution is -2.27. The molecule has 0 fully saturated rings. The van der Waals surface area contributed by atoms with E-state index in [1.54, 1.807) is 12.1 Å². The highest BCUT2D eigenvalue weighted by Crippen LogP contribution is 2.47. The van der Waals surface area contributed by atoms with Crippen LogP contribution in [0.15, 0.2) is 84.0 Å². The largest absolute Gasteiger partial charge is 0.289 e. The summed E-state index contributed by atoms with van der Waals surface area (Å²) in [5.41, 5.74) is 6.84. The summed E-state index contributed by atoms with van der Waals surface area (Å²) in [4.78, 5) is 28.4. The lowest BCUT2D eigenvalue weighted by molar-refractivity contribution is 0.0977. The van der Waals surface area contributed by atoms with Gasteiger partial charge in [0.25, 0.3) is 0 Å². The van der Waals surface area contributed by atoms with E-state index >= 15 is 0 Å². The third-order valence-corrected chi connectivity index (χ3v) is 9.32. The second kappa shape index (κ2) is 9.80. The molecule has 0 heterocycles. The van der Waals surface area contributed by atoms with Gasteiger partial charge in [0.1, 0.15) is 0 Å². The molecule has 38 heavy (non-hydrogen) atoms. The van der Waals surface area contributed by atoms with Crippen molar-refractivity contribution in [2.75, 3.05) is 0 Å². The normalized spacial score (nSPS) is 28.1. The van der Waals surface area contributed by atoms with Crippen LogP contribution in [-0.2, 0) is 0 Å². The first-order valence-electron chi connectivity index (χ1n) is 14.4. The highest BCUT2D eigenvalue weighted by atomic mass is 16.1. The van der Waals surface area contributed by atoms with Crippen molar-refractivity contribution >= 4 is 11.6 Å². The van der Waals surface area contributed by atoms with Crippen molar-refractivity contribution in [2.45, 2.75) is 79.1 Å². The number of rotatable bonds is 6. The minimum atomic E-state index is -0.0278. The van der Waals surface area contributed by atoms with Gasteiger partial charge in [-0.3, -0.25) is 9.59 Å². The number of fused-ring (bicyclic) bond motifs is 2. The fraction of sp³-hybridized carbons (Fsp3) is 0.389. The predicted octanol–water partition coefficient (Wildman–Crippen LogP) is 9.27. The van der Waals surface area contributed by atoms with E-state index in [0.717, 1.165) is 36.8 Å². The molecule has 4 atom stereocenters. The third-order valence-electron chi connectivity index (χ3n) is 9.32. The summed E-state index contributed by atoms with van der Waals surface area (Å²) in [5.74, 6) is -0.0632. The van der Waals surface area contributed by atoms with Crippen LogP contribution in [-0.4, -0.2) is 11.6 Å². The van der Waals surface area contributed by atoms with E-state index in [4.69, 9.17) is 0 Å². The molecule has 0 saturated carbocycles. The van der Waals surface area contributed by atoms with E-state index in [2.05, 4.69) is 90.1 Å². The van der Waals surface area contributed by atoms with Gasteiger partial charge in [0.05, 0.1) is 0 Å². The average molecular weight is 505 g/mol.